The highest BCUT2D eigenvalue weighted by atomic mass is 32.7. The van der Waals surface area contributed by atoms with Crippen LogP contribution in [-0.4, -0.2) is 68.6 Å². The number of aliphatic hydroxyl groups excluding tert-OH is 1. The molecule has 2 unspecified atom stereocenters. The van der Waals surface area contributed by atoms with Gasteiger partial charge in [0, 0.05) is 26.4 Å². The van der Waals surface area contributed by atoms with Crippen molar-refractivity contribution in [3.8, 4) is 0 Å². The van der Waals surface area contributed by atoms with Gasteiger partial charge in [-0.2, -0.15) is 5.10 Å². The molecule has 10 heteroatoms. The van der Waals surface area contributed by atoms with E-state index in [2.05, 4.69) is 19.0 Å². The van der Waals surface area contributed by atoms with E-state index in [0.717, 1.165) is 0 Å². The van der Waals surface area contributed by atoms with Crippen molar-refractivity contribution in [3.05, 3.63) is 0 Å². The molecule has 122 valence electrons. The van der Waals surface area contributed by atoms with Crippen molar-refractivity contribution in [1.29, 1.82) is 0 Å². The second-order valence-electron chi connectivity index (χ2n) is 3.73. The Morgan fingerprint density at radius 1 is 1.48 bits per heavy atom. The second-order valence-corrected chi connectivity index (χ2v) is 5.47. The largest absolute Gasteiger partial charge is 0.394 e. The average Bonchev–Trinajstić information content (AvgIpc) is 2.51. The van der Waals surface area contributed by atoms with Gasteiger partial charge >= 0.3 is 0 Å². The number of hydrogen-bond acceptors (Lipinski definition) is 8. The lowest BCUT2D eigenvalue weighted by Gasteiger charge is -2.23. The zero-order valence-corrected chi connectivity index (χ0v) is 13.9. The maximum absolute atomic E-state index is 11.3. The van der Waals surface area contributed by atoms with Crippen LogP contribution in [0.2, 0.25) is 0 Å². The lowest BCUT2D eigenvalue weighted by Crippen LogP contribution is -2.39. The molecule has 0 saturated carbocycles. The summed E-state index contributed by atoms with van der Waals surface area (Å²) in [6.45, 7) is -0.428. The van der Waals surface area contributed by atoms with Crippen molar-refractivity contribution >= 4 is 38.2 Å². The number of carbonyl (C=O) groups is 2. The number of carbonyl (C=O) groups excluding carboxylic acids is 2. The summed E-state index contributed by atoms with van der Waals surface area (Å²) in [6, 6.07) is 0. The van der Waals surface area contributed by atoms with E-state index in [1.165, 1.54) is 31.8 Å². The Balaban J connectivity index is 4.36. The number of hydrogen-bond donors (Lipinski definition) is 2. The fourth-order valence-corrected chi connectivity index (χ4v) is 1.88. The Hall–Kier alpha value is -0.570. The number of hydrazone groups is 1. The van der Waals surface area contributed by atoms with Crippen LogP contribution < -0.4 is 5.43 Å². The molecule has 0 spiro atoms. The van der Waals surface area contributed by atoms with E-state index in [1.54, 1.807) is 0 Å². The first-order valence-corrected chi connectivity index (χ1v) is 8.50. The third kappa shape index (κ3) is 9.13. The van der Waals surface area contributed by atoms with Gasteiger partial charge in [-0.1, -0.05) is 8.44 Å². The Labute approximate surface area is 129 Å². The van der Waals surface area contributed by atoms with Crippen LogP contribution in [0.25, 0.3) is 0 Å². The maximum Gasteiger partial charge on any atom is 0.240 e. The monoisotopic (exact) mass is 340 g/mol. The number of aldehydes is 1. The van der Waals surface area contributed by atoms with Gasteiger partial charge in [-0.3, -0.25) is 4.79 Å². The molecule has 0 heterocycles. The molecule has 0 aliphatic rings. The minimum atomic E-state index is -0.934. The molecule has 0 aliphatic heterocycles. The molecule has 0 rings (SSSR count). The predicted molar refractivity (Wildman–Crippen MR) is 83.0 cm³/mol. The maximum atomic E-state index is 11.3. The summed E-state index contributed by atoms with van der Waals surface area (Å²) in [5.41, 5.74) is 2.32. The van der Waals surface area contributed by atoms with Gasteiger partial charge in [0.25, 0.3) is 0 Å². The molecule has 0 bridgehead atoms. The molecule has 0 fully saturated rings. The Morgan fingerprint density at radius 2 is 2.19 bits per heavy atom. The van der Waals surface area contributed by atoms with Crippen molar-refractivity contribution in [2.75, 3.05) is 26.6 Å². The van der Waals surface area contributed by atoms with Crippen molar-refractivity contribution in [3.63, 3.8) is 0 Å². The smallest absolute Gasteiger partial charge is 0.240 e. The summed E-state index contributed by atoms with van der Waals surface area (Å²) in [6.07, 6.45) is -0.682. The van der Waals surface area contributed by atoms with Crippen LogP contribution in [-0.2, 0) is 23.8 Å². The Bertz CT molecular complexity index is 334. The SMILES string of the molecule is COC(C=O)[C@H](CO)O[C@@H](/C=N\NC(=O)CCSP)OC. The highest BCUT2D eigenvalue weighted by molar-refractivity contribution is 8.43. The topological polar surface area (TPSA) is 106 Å². The lowest BCUT2D eigenvalue weighted by atomic mass is 10.2. The number of ether oxygens (including phenoxy) is 3. The standard InChI is InChI=1S/C11H21N2O6PS/c1-17-8(6-14)9(7-15)19-11(18-2)5-12-13-10(16)3-4-21-20/h5-6,8-9,11,15H,3-4,7,20H2,1-2H3,(H,13,16)/b12-5-/t8?,9-,11-/m0/s1. The number of aliphatic hydroxyl groups is 1. The molecule has 0 aliphatic carbocycles. The van der Waals surface area contributed by atoms with E-state index in [-0.39, 0.29) is 5.91 Å². The highest BCUT2D eigenvalue weighted by Gasteiger charge is 2.24. The van der Waals surface area contributed by atoms with E-state index in [0.29, 0.717) is 18.5 Å². The van der Waals surface area contributed by atoms with Crippen LogP contribution in [0.3, 0.4) is 0 Å². The molecule has 8 nitrogen and oxygen atoms in total. The lowest BCUT2D eigenvalue weighted by molar-refractivity contribution is -0.163. The minimum Gasteiger partial charge on any atom is -0.394 e. The normalized spacial score (nSPS) is 15.6. The van der Waals surface area contributed by atoms with E-state index < -0.39 is 25.1 Å². The van der Waals surface area contributed by atoms with E-state index in [1.807, 2.05) is 0 Å². The number of nitrogens with one attached hydrogen (secondary N) is 1. The molecule has 0 aromatic rings. The minimum absolute atomic E-state index is 0.238. The summed E-state index contributed by atoms with van der Waals surface area (Å²) < 4.78 is 15.1. The van der Waals surface area contributed by atoms with Gasteiger partial charge in [0.2, 0.25) is 5.91 Å². The van der Waals surface area contributed by atoms with Gasteiger partial charge in [0.05, 0.1) is 12.8 Å². The fraction of sp³-hybridized carbons (Fsp3) is 0.727. The third-order valence-electron chi connectivity index (χ3n) is 2.33. The third-order valence-corrected chi connectivity index (χ3v) is 3.47. The predicted octanol–water partition coefficient (Wildman–Crippen LogP) is -0.434. The first kappa shape index (κ1) is 20.4. The van der Waals surface area contributed by atoms with Crippen molar-refractivity contribution in [1.82, 2.24) is 5.43 Å². The van der Waals surface area contributed by atoms with Crippen LogP contribution in [0.4, 0.5) is 0 Å². The highest BCUT2D eigenvalue weighted by Crippen LogP contribution is 2.10. The van der Waals surface area contributed by atoms with Gasteiger partial charge in [-0.15, -0.1) is 11.4 Å². The number of amides is 1. The average molecular weight is 340 g/mol. The molecular formula is C11H21N2O6PS. The molecule has 4 atom stereocenters. The van der Waals surface area contributed by atoms with Gasteiger partial charge in [0.1, 0.15) is 12.2 Å². The summed E-state index contributed by atoms with van der Waals surface area (Å²) >= 11 is 1.47. The molecule has 0 aromatic carbocycles. The van der Waals surface area contributed by atoms with Gasteiger partial charge < -0.3 is 24.1 Å². The van der Waals surface area contributed by atoms with Crippen LogP contribution >= 0.6 is 19.8 Å². The number of rotatable bonds is 12. The molecular weight excluding hydrogens is 319 g/mol. The van der Waals surface area contributed by atoms with E-state index in [9.17, 15) is 14.7 Å². The van der Waals surface area contributed by atoms with Crippen molar-refractivity contribution in [2.45, 2.75) is 24.9 Å². The van der Waals surface area contributed by atoms with E-state index >= 15 is 0 Å². The van der Waals surface area contributed by atoms with Crippen molar-refractivity contribution < 1.29 is 28.9 Å². The summed E-state index contributed by atoms with van der Waals surface area (Å²) in [4.78, 5) is 22.1. The van der Waals surface area contributed by atoms with E-state index in [4.69, 9.17) is 14.2 Å². The molecule has 0 aromatic heterocycles. The zero-order valence-electron chi connectivity index (χ0n) is 11.9. The molecule has 2 N–H and O–H groups in total. The Morgan fingerprint density at radius 3 is 2.67 bits per heavy atom. The van der Waals surface area contributed by atoms with Crippen molar-refractivity contribution in [2.24, 2.45) is 5.10 Å². The second kappa shape index (κ2) is 13.1. The van der Waals surface area contributed by atoms with Gasteiger partial charge in [-0.25, -0.2) is 5.43 Å². The molecule has 0 saturated heterocycles. The molecule has 21 heavy (non-hydrogen) atoms. The zero-order chi connectivity index (χ0) is 16.1. The van der Waals surface area contributed by atoms with Crippen LogP contribution in [0.1, 0.15) is 6.42 Å². The summed E-state index contributed by atoms with van der Waals surface area (Å²) in [5.74, 6) is 0.426. The number of nitrogens with zero attached hydrogens (tertiary/aromatic N) is 1. The summed E-state index contributed by atoms with van der Waals surface area (Å²) in [5, 5.41) is 12.9. The quantitative estimate of drug-likeness (QED) is 0.163. The van der Waals surface area contributed by atoms with Crippen LogP contribution in [0.5, 0.6) is 0 Å². The number of methoxy groups -OCH3 is 2. The van der Waals surface area contributed by atoms with Crippen LogP contribution in [0, 0.1) is 0 Å². The molecule has 1 amide bonds. The van der Waals surface area contributed by atoms with Crippen LogP contribution in [0.15, 0.2) is 5.10 Å². The molecule has 0 radical (unpaired) electrons. The summed E-state index contributed by atoms with van der Waals surface area (Å²) in [7, 11) is 5.14. The first-order valence-electron chi connectivity index (χ1n) is 6.03. The fourth-order valence-electron chi connectivity index (χ4n) is 1.22. The Kier molecular flexibility index (Phi) is 12.8. The van der Waals surface area contributed by atoms with Gasteiger partial charge in [-0.05, 0) is 0 Å². The first-order chi connectivity index (χ1) is 10.1. The van der Waals surface area contributed by atoms with Gasteiger partial charge in [0.15, 0.2) is 12.6 Å².